The summed E-state index contributed by atoms with van der Waals surface area (Å²) < 4.78 is 18.8. The number of pyridine rings is 1. The topological polar surface area (TPSA) is 63.2 Å². The third kappa shape index (κ3) is 4.17. The summed E-state index contributed by atoms with van der Waals surface area (Å²) in [4.78, 5) is 15.2. The zero-order chi connectivity index (χ0) is 15.2. The van der Waals surface area contributed by atoms with Crippen LogP contribution in [0.1, 0.15) is 12.6 Å². The second kappa shape index (κ2) is 6.69. The number of anilines is 2. The molecule has 0 aliphatic rings. The molecular weight excluding hydrogens is 273 g/mol. The third-order valence-electron chi connectivity index (χ3n) is 2.74. The smallest absolute Gasteiger partial charge is 0.221 e. The monoisotopic (exact) mass is 289 g/mol. The fourth-order valence-electron chi connectivity index (χ4n) is 1.80. The third-order valence-corrected chi connectivity index (χ3v) is 2.74. The van der Waals surface area contributed by atoms with Crippen LogP contribution >= 0.6 is 0 Å². The summed E-state index contributed by atoms with van der Waals surface area (Å²) in [5.74, 6) is -0.101. The highest BCUT2D eigenvalue weighted by molar-refractivity contribution is 5.89. The van der Waals surface area contributed by atoms with E-state index in [1.165, 1.54) is 32.2 Å². The van der Waals surface area contributed by atoms with Crippen LogP contribution in [0, 0.1) is 5.82 Å². The molecule has 0 fully saturated rings. The van der Waals surface area contributed by atoms with Crippen LogP contribution < -0.4 is 15.4 Å². The molecule has 5 nitrogen and oxygen atoms in total. The van der Waals surface area contributed by atoms with Crippen molar-refractivity contribution in [2.75, 3.05) is 17.7 Å². The highest BCUT2D eigenvalue weighted by Gasteiger charge is 2.05. The summed E-state index contributed by atoms with van der Waals surface area (Å²) in [6.07, 6.45) is 0. The first kappa shape index (κ1) is 14.8. The predicted molar refractivity (Wildman–Crippen MR) is 78.8 cm³/mol. The Morgan fingerprint density at radius 2 is 2.14 bits per heavy atom. The van der Waals surface area contributed by atoms with E-state index in [2.05, 4.69) is 15.6 Å². The lowest BCUT2D eigenvalue weighted by atomic mass is 10.2. The number of benzene rings is 1. The minimum absolute atomic E-state index is 0.206. The van der Waals surface area contributed by atoms with E-state index in [0.717, 1.165) is 5.69 Å². The summed E-state index contributed by atoms with van der Waals surface area (Å²) in [6, 6.07) is 9.70. The van der Waals surface area contributed by atoms with Gasteiger partial charge in [-0.1, -0.05) is 6.07 Å². The van der Waals surface area contributed by atoms with Crippen LogP contribution in [0.3, 0.4) is 0 Å². The average Bonchev–Trinajstić information content (AvgIpc) is 2.47. The van der Waals surface area contributed by atoms with Gasteiger partial charge in [0, 0.05) is 18.7 Å². The minimum atomic E-state index is -0.396. The number of amides is 1. The SMILES string of the molecule is COc1cccc(CNc2cc(NC(C)=O)ccc2F)n1. The van der Waals surface area contributed by atoms with E-state index in [-0.39, 0.29) is 5.91 Å². The van der Waals surface area contributed by atoms with Gasteiger partial charge in [-0.25, -0.2) is 9.37 Å². The van der Waals surface area contributed by atoms with Crippen LogP contribution in [0.5, 0.6) is 5.88 Å². The van der Waals surface area contributed by atoms with Gasteiger partial charge in [0.25, 0.3) is 0 Å². The lowest BCUT2D eigenvalue weighted by molar-refractivity contribution is -0.114. The van der Waals surface area contributed by atoms with Gasteiger partial charge < -0.3 is 15.4 Å². The molecule has 6 heteroatoms. The maximum Gasteiger partial charge on any atom is 0.221 e. The van der Waals surface area contributed by atoms with Crippen LogP contribution in [0.2, 0.25) is 0 Å². The Labute approximate surface area is 122 Å². The number of methoxy groups -OCH3 is 1. The minimum Gasteiger partial charge on any atom is -0.481 e. The van der Waals surface area contributed by atoms with Crippen molar-refractivity contribution in [1.82, 2.24) is 4.98 Å². The molecule has 0 spiro atoms. The van der Waals surface area contributed by atoms with Gasteiger partial charge in [0.1, 0.15) is 5.82 Å². The second-order valence-electron chi connectivity index (χ2n) is 4.40. The van der Waals surface area contributed by atoms with Gasteiger partial charge >= 0.3 is 0 Å². The van der Waals surface area contributed by atoms with Crippen molar-refractivity contribution in [3.8, 4) is 5.88 Å². The van der Waals surface area contributed by atoms with E-state index in [9.17, 15) is 9.18 Å². The molecule has 0 aliphatic heterocycles. The van der Waals surface area contributed by atoms with E-state index in [1.54, 1.807) is 6.07 Å². The van der Waals surface area contributed by atoms with Crippen molar-refractivity contribution in [3.63, 3.8) is 0 Å². The van der Waals surface area contributed by atoms with E-state index in [0.29, 0.717) is 23.8 Å². The number of rotatable bonds is 5. The Hall–Kier alpha value is -2.63. The molecule has 0 radical (unpaired) electrons. The molecule has 1 aromatic heterocycles. The zero-order valence-electron chi connectivity index (χ0n) is 11.8. The number of hydrogen-bond donors (Lipinski definition) is 2. The fraction of sp³-hybridized carbons (Fsp3) is 0.200. The summed E-state index contributed by atoms with van der Waals surface area (Å²) in [5, 5.41) is 5.56. The van der Waals surface area contributed by atoms with Crippen LogP contribution in [-0.2, 0) is 11.3 Å². The van der Waals surface area contributed by atoms with Gasteiger partial charge in [-0.2, -0.15) is 0 Å². The van der Waals surface area contributed by atoms with Gasteiger partial charge in [-0.3, -0.25) is 4.79 Å². The first-order chi connectivity index (χ1) is 10.1. The molecule has 21 heavy (non-hydrogen) atoms. The highest BCUT2D eigenvalue weighted by Crippen LogP contribution is 2.20. The van der Waals surface area contributed by atoms with Crippen molar-refractivity contribution < 1.29 is 13.9 Å². The number of carbonyl (C=O) groups excluding carboxylic acids is 1. The number of nitrogens with zero attached hydrogens (tertiary/aromatic N) is 1. The fourth-order valence-corrected chi connectivity index (χ4v) is 1.80. The molecule has 0 saturated carbocycles. The number of ether oxygens (including phenoxy) is 1. The van der Waals surface area contributed by atoms with Crippen LogP contribution in [0.15, 0.2) is 36.4 Å². The molecule has 1 amide bonds. The molecule has 1 heterocycles. The molecule has 0 saturated heterocycles. The zero-order valence-corrected chi connectivity index (χ0v) is 11.8. The molecule has 110 valence electrons. The van der Waals surface area contributed by atoms with Crippen molar-refractivity contribution in [1.29, 1.82) is 0 Å². The van der Waals surface area contributed by atoms with E-state index in [1.807, 2.05) is 12.1 Å². The molecule has 0 aliphatic carbocycles. The summed E-state index contributed by atoms with van der Waals surface area (Å²) >= 11 is 0. The first-order valence-corrected chi connectivity index (χ1v) is 6.39. The van der Waals surface area contributed by atoms with E-state index in [4.69, 9.17) is 4.74 Å². The summed E-state index contributed by atoms with van der Waals surface area (Å²) in [6.45, 7) is 1.74. The Bertz CT molecular complexity index is 647. The normalized spacial score (nSPS) is 10.0. The number of aromatic nitrogens is 1. The quantitative estimate of drug-likeness (QED) is 0.888. The molecule has 2 rings (SSSR count). The average molecular weight is 289 g/mol. The lowest BCUT2D eigenvalue weighted by Gasteiger charge is -2.10. The summed E-state index contributed by atoms with van der Waals surface area (Å²) in [5.41, 5.74) is 1.55. The van der Waals surface area contributed by atoms with Crippen molar-refractivity contribution >= 4 is 17.3 Å². The molecule has 2 aromatic rings. The van der Waals surface area contributed by atoms with Crippen molar-refractivity contribution in [3.05, 3.63) is 47.9 Å². The lowest BCUT2D eigenvalue weighted by Crippen LogP contribution is -2.08. The van der Waals surface area contributed by atoms with E-state index >= 15 is 0 Å². The van der Waals surface area contributed by atoms with Crippen LogP contribution in [-0.4, -0.2) is 18.0 Å². The molecule has 1 aromatic carbocycles. The Morgan fingerprint density at radius 3 is 2.86 bits per heavy atom. The standard InChI is InChI=1S/C15H16FN3O2/c1-10(20)18-11-6-7-13(16)14(8-11)17-9-12-4-3-5-15(19-12)21-2/h3-8,17H,9H2,1-2H3,(H,18,20). The molecule has 0 atom stereocenters. The van der Waals surface area contributed by atoms with Crippen molar-refractivity contribution in [2.24, 2.45) is 0 Å². The predicted octanol–water partition coefficient (Wildman–Crippen LogP) is 2.80. The van der Waals surface area contributed by atoms with Gasteiger partial charge in [0.05, 0.1) is 25.0 Å². The highest BCUT2D eigenvalue weighted by atomic mass is 19.1. The Morgan fingerprint density at radius 1 is 1.33 bits per heavy atom. The first-order valence-electron chi connectivity index (χ1n) is 6.39. The number of nitrogens with one attached hydrogen (secondary N) is 2. The number of hydrogen-bond acceptors (Lipinski definition) is 4. The molecular formula is C15H16FN3O2. The Kier molecular flexibility index (Phi) is 4.71. The second-order valence-corrected chi connectivity index (χ2v) is 4.40. The van der Waals surface area contributed by atoms with Crippen LogP contribution in [0.4, 0.5) is 15.8 Å². The molecule has 0 unspecified atom stereocenters. The Balaban J connectivity index is 2.09. The number of halogens is 1. The summed E-state index contributed by atoms with van der Waals surface area (Å²) in [7, 11) is 1.54. The molecule has 0 bridgehead atoms. The van der Waals surface area contributed by atoms with Gasteiger partial charge in [-0.05, 0) is 24.3 Å². The number of carbonyl (C=O) groups is 1. The molecule has 2 N–H and O–H groups in total. The van der Waals surface area contributed by atoms with Gasteiger partial charge in [0.15, 0.2) is 0 Å². The largest absolute Gasteiger partial charge is 0.481 e. The maximum absolute atomic E-state index is 13.7. The van der Waals surface area contributed by atoms with E-state index < -0.39 is 5.82 Å². The van der Waals surface area contributed by atoms with Gasteiger partial charge in [-0.15, -0.1) is 0 Å². The van der Waals surface area contributed by atoms with Crippen LogP contribution in [0.25, 0.3) is 0 Å². The van der Waals surface area contributed by atoms with Crippen molar-refractivity contribution in [2.45, 2.75) is 13.5 Å². The maximum atomic E-state index is 13.7. The van der Waals surface area contributed by atoms with Gasteiger partial charge in [0.2, 0.25) is 11.8 Å².